The summed E-state index contributed by atoms with van der Waals surface area (Å²) in [6, 6.07) is 8.61. The van der Waals surface area contributed by atoms with Crippen molar-refractivity contribution in [3.05, 3.63) is 71.6 Å². The quantitative estimate of drug-likeness (QED) is 0.381. The molecule has 7 nitrogen and oxygen atoms in total. The lowest BCUT2D eigenvalue weighted by molar-refractivity contribution is 0.0566. The summed E-state index contributed by atoms with van der Waals surface area (Å²) in [4.78, 5) is 14.5. The zero-order chi connectivity index (χ0) is 23.3. The van der Waals surface area contributed by atoms with Crippen molar-refractivity contribution >= 4 is 11.6 Å². The zero-order valence-electron chi connectivity index (χ0n) is 16.4. The monoisotopic (exact) mass is 461 g/mol. The number of amides is 1. The van der Waals surface area contributed by atoms with E-state index >= 15 is 0 Å². The van der Waals surface area contributed by atoms with E-state index in [2.05, 4.69) is 15.3 Å². The van der Waals surface area contributed by atoms with Gasteiger partial charge in [0, 0.05) is 28.5 Å². The smallest absolute Gasteiger partial charge is 0.333 e. The van der Waals surface area contributed by atoms with Crippen LogP contribution in [0.5, 0.6) is 0 Å². The first-order valence-electron chi connectivity index (χ1n) is 9.51. The molecule has 0 fully saturated rings. The van der Waals surface area contributed by atoms with E-state index in [1.165, 1.54) is 29.2 Å². The summed E-state index contributed by atoms with van der Waals surface area (Å²) in [7, 11) is 0. The summed E-state index contributed by atoms with van der Waals surface area (Å²) in [6.45, 7) is -2.82. The maximum absolute atomic E-state index is 14.8. The minimum Gasteiger partial charge on any atom is -0.415 e. The SMILES string of the molecule is O=C1c2cc(-c3nnc(C(F)F)o3)ccc2CN1c1cccc(F)c1-c1cnn(C(F)F)c1. The normalized spacial score (nSPS) is 13.4. The van der Waals surface area contributed by atoms with Crippen molar-refractivity contribution in [2.45, 2.75) is 19.5 Å². The van der Waals surface area contributed by atoms with Gasteiger partial charge in [-0.05, 0) is 29.8 Å². The Morgan fingerprint density at radius 2 is 1.85 bits per heavy atom. The number of carbonyl (C=O) groups is 1. The molecule has 2 aromatic heterocycles. The van der Waals surface area contributed by atoms with E-state index in [0.29, 0.717) is 10.2 Å². The van der Waals surface area contributed by atoms with E-state index in [-0.39, 0.29) is 40.4 Å². The van der Waals surface area contributed by atoms with Crippen LogP contribution in [-0.2, 0) is 6.54 Å². The minimum absolute atomic E-state index is 0.0516. The van der Waals surface area contributed by atoms with Crippen molar-refractivity contribution in [1.29, 1.82) is 0 Å². The molecule has 0 saturated carbocycles. The van der Waals surface area contributed by atoms with Crippen LogP contribution in [-0.4, -0.2) is 25.9 Å². The molecule has 0 unspecified atom stereocenters. The number of carbonyl (C=O) groups excluding carboxylic acids is 1. The summed E-state index contributed by atoms with van der Waals surface area (Å²) in [5, 5.41) is 10.4. The molecule has 0 saturated heterocycles. The van der Waals surface area contributed by atoms with Crippen LogP contribution in [0.3, 0.4) is 0 Å². The molecule has 2 aromatic carbocycles. The number of fused-ring (bicyclic) bond motifs is 1. The largest absolute Gasteiger partial charge is 0.415 e. The second kappa shape index (κ2) is 7.80. The molecule has 33 heavy (non-hydrogen) atoms. The number of alkyl halides is 4. The Hall–Kier alpha value is -4.09. The maximum Gasteiger partial charge on any atom is 0.333 e. The molecule has 1 amide bonds. The first kappa shape index (κ1) is 20.8. The van der Waals surface area contributed by atoms with Gasteiger partial charge in [0.1, 0.15) is 5.82 Å². The standard InChI is InChI=1S/C21H12F5N5O2/c22-14-2-1-3-15(16(14)12-7-27-31(9-12)21(25)26)30-8-11-5-4-10(6-13(11)20(30)32)18-28-29-19(33-18)17(23)24/h1-7,9,17,21H,8H2. The Bertz CT molecular complexity index is 1370. The van der Waals surface area contributed by atoms with Crippen molar-refractivity contribution < 1.29 is 31.2 Å². The van der Waals surface area contributed by atoms with Gasteiger partial charge in [-0.2, -0.15) is 22.7 Å². The fraction of sp³-hybridized carbons (Fsp3) is 0.143. The lowest BCUT2D eigenvalue weighted by atomic mass is 10.1. The fourth-order valence-electron chi connectivity index (χ4n) is 3.67. The number of benzene rings is 2. The zero-order valence-corrected chi connectivity index (χ0v) is 16.4. The average molecular weight is 461 g/mol. The average Bonchev–Trinajstić information content (AvgIpc) is 3.52. The molecule has 0 atom stereocenters. The molecule has 168 valence electrons. The van der Waals surface area contributed by atoms with Crippen molar-refractivity contribution in [2.24, 2.45) is 0 Å². The van der Waals surface area contributed by atoms with Gasteiger partial charge in [-0.15, -0.1) is 10.2 Å². The molecule has 4 aromatic rings. The van der Waals surface area contributed by atoms with Gasteiger partial charge in [-0.1, -0.05) is 12.1 Å². The van der Waals surface area contributed by atoms with Gasteiger partial charge < -0.3 is 9.32 Å². The van der Waals surface area contributed by atoms with E-state index in [9.17, 15) is 26.7 Å². The van der Waals surface area contributed by atoms with Crippen LogP contribution in [0.2, 0.25) is 0 Å². The minimum atomic E-state index is -2.93. The highest BCUT2D eigenvalue weighted by Crippen LogP contribution is 2.38. The Balaban J connectivity index is 1.52. The lowest BCUT2D eigenvalue weighted by Gasteiger charge is -2.19. The molecule has 5 rings (SSSR count). The van der Waals surface area contributed by atoms with Gasteiger partial charge >= 0.3 is 13.0 Å². The molecule has 1 aliphatic heterocycles. The van der Waals surface area contributed by atoms with Gasteiger partial charge in [0.25, 0.3) is 11.8 Å². The van der Waals surface area contributed by atoms with E-state index in [1.54, 1.807) is 6.07 Å². The van der Waals surface area contributed by atoms with Crippen molar-refractivity contribution in [1.82, 2.24) is 20.0 Å². The maximum atomic E-state index is 14.8. The molecule has 1 aliphatic rings. The number of anilines is 1. The van der Waals surface area contributed by atoms with E-state index in [4.69, 9.17) is 4.42 Å². The van der Waals surface area contributed by atoms with Crippen LogP contribution in [0.4, 0.5) is 27.6 Å². The van der Waals surface area contributed by atoms with Gasteiger partial charge in [-0.25, -0.2) is 9.07 Å². The second-order valence-electron chi connectivity index (χ2n) is 7.13. The number of halogens is 5. The summed E-state index contributed by atoms with van der Waals surface area (Å²) < 4.78 is 71.4. The third-order valence-electron chi connectivity index (χ3n) is 5.16. The predicted molar refractivity (Wildman–Crippen MR) is 104 cm³/mol. The highest BCUT2D eigenvalue weighted by Gasteiger charge is 2.32. The predicted octanol–water partition coefficient (Wildman–Crippen LogP) is 5.23. The number of hydrogen-bond donors (Lipinski definition) is 0. The molecular formula is C21H12F5N5O2. The van der Waals surface area contributed by atoms with Crippen LogP contribution in [0.15, 0.2) is 53.2 Å². The third-order valence-corrected chi connectivity index (χ3v) is 5.16. The second-order valence-corrected chi connectivity index (χ2v) is 7.13. The lowest BCUT2D eigenvalue weighted by Crippen LogP contribution is -2.24. The fourth-order valence-corrected chi connectivity index (χ4v) is 3.67. The van der Waals surface area contributed by atoms with Crippen molar-refractivity contribution in [2.75, 3.05) is 4.90 Å². The van der Waals surface area contributed by atoms with Gasteiger partial charge in [0.2, 0.25) is 5.89 Å². The van der Waals surface area contributed by atoms with Crippen LogP contribution in [0.1, 0.15) is 34.8 Å². The van der Waals surface area contributed by atoms with Crippen LogP contribution in [0.25, 0.3) is 22.6 Å². The molecule has 12 heteroatoms. The number of nitrogens with zero attached hydrogens (tertiary/aromatic N) is 5. The molecule has 0 spiro atoms. The Morgan fingerprint density at radius 3 is 2.55 bits per heavy atom. The van der Waals surface area contributed by atoms with Crippen molar-refractivity contribution in [3.8, 4) is 22.6 Å². The molecule has 0 radical (unpaired) electrons. The molecule has 0 aliphatic carbocycles. The molecule has 0 bridgehead atoms. The van der Waals surface area contributed by atoms with E-state index in [1.807, 2.05) is 0 Å². The highest BCUT2D eigenvalue weighted by atomic mass is 19.3. The topological polar surface area (TPSA) is 77.1 Å². The Labute approximate surface area is 182 Å². The summed E-state index contributed by atoms with van der Waals surface area (Å²) in [5.41, 5.74) is 1.30. The van der Waals surface area contributed by atoms with Crippen molar-refractivity contribution in [3.63, 3.8) is 0 Å². The van der Waals surface area contributed by atoms with Crippen LogP contribution < -0.4 is 4.90 Å². The molecule has 3 heterocycles. The summed E-state index contributed by atoms with van der Waals surface area (Å²) in [5.74, 6) is -2.22. The Kier molecular flexibility index (Phi) is 4.91. The van der Waals surface area contributed by atoms with Crippen LogP contribution in [0, 0.1) is 5.82 Å². The third kappa shape index (κ3) is 3.52. The number of aromatic nitrogens is 4. The highest BCUT2D eigenvalue weighted by molar-refractivity contribution is 6.12. The first-order valence-corrected chi connectivity index (χ1v) is 9.51. The van der Waals surface area contributed by atoms with E-state index in [0.717, 1.165) is 18.5 Å². The Morgan fingerprint density at radius 1 is 1.03 bits per heavy atom. The summed E-state index contributed by atoms with van der Waals surface area (Å²) in [6.07, 6.45) is -0.844. The van der Waals surface area contributed by atoms with E-state index < -0.39 is 30.6 Å². The summed E-state index contributed by atoms with van der Waals surface area (Å²) >= 11 is 0. The number of rotatable bonds is 5. The van der Waals surface area contributed by atoms with Crippen LogP contribution >= 0.6 is 0 Å². The number of hydrogen-bond acceptors (Lipinski definition) is 5. The van der Waals surface area contributed by atoms with Gasteiger partial charge in [0.05, 0.1) is 18.4 Å². The van der Waals surface area contributed by atoms with Gasteiger partial charge in [-0.3, -0.25) is 4.79 Å². The first-order chi connectivity index (χ1) is 15.8. The van der Waals surface area contributed by atoms with Gasteiger partial charge in [0.15, 0.2) is 0 Å². The molecular weight excluding hydrogens is 449 g/mol. The molecule has 0 N–H and O–H groups in total.